The summed E-state index contributed by atoms with van der Waals surface area (Å²) < 4.78 is 16.8. The van der Waals surface area contributed by atoms with Gasteiger partial charge in [0.15, 0.2) is 11.5 Å². The van der Waals surface area contributed by atoms with Crippen molar-refractivity contribution < 1.29 is 38.5 Å². The van der Waals surface area contributed by atoms with E-state index in [-0.39, 0.29) is 33.5 Å². The maximum Gasteiger partial charge on any atom is 0.311 e. The van der Waals surface area contributed by atoms with Crippen molar-refractivity contribution in [2.24, 2.45) is 11.8 Å². The Kier molecular flexibility index (Phi) is 5.68. The molecule has 1 amide bonds. The largest absolute Gasteiger partial charge is 0.481 e. The highest BCUT2D eigenvalue weighted by Crippen LogP contribution is 2.54. The molecule has 3 atom stereocenters. The van der Waals surface area contributed by atoms with Crippen molar-refractivity contribution in [3.05, 3.63) is 87.4 Å². The van der Waals surface area contributed by atoms with Gasteiger partial charge in [-0.15, -0.1) is 0 Å². The topological polar surface area (TPSA) is 128 Å². The van der Waals surface area contributed by atoms with Crippen LogP contribution in [0.3, 0.4) is 0 Å². The standard InChI is InChI=1S/C27H17Cl2NO8/c28-13-7-12(8-14(29)9-13)22-20(25(33)30-15-5-6-18-19(10-15)37-11-36-18)21(26(34)35)27(38-22)23(31)16-3-1-2-4-17(16)24(27)32/h1-10,20-22H,11H2,(H,30,33)(H,34,35). The van der Waals surface area contributed by atoms with Gasteiger partial charge in [0.2, 0.25) is 29.9 Å². The number of Topliss-reactive ketones (excluding diaryl/α,β-unsaturated/α-hetero) is 2. The second-order valence-electron chi connectivity index (χ2n) is 9.08. The van der Waals surface area contributed by atoms with Crippen LogP contribution in [0.1, 0.15) is 32.4 Å². The molecule has 1 aliphatic carbocycles. The maximum atomic E-state index is 13.8. The van der Waals surface area contributed by atoms with Gasteiger partial charge in [-0.25, -0.2) is 0 Å². The second kappa shape index (κ2) is 8.83. The Morgan fingerprint density at radius 2 is 1.53 bits per heavy atom. The molecule has 3 unspecified atom stereocenters. The molecule has 2 heterocycles. The van der Waals surface area contributed by atoms with Crippen LogP contribution in [-0.2, 0) is 14.3 Å². The number of ketones is 2. The van der Waals surface area contributed by atoms with Gasteiger partial charge in [0.25, 0.3) is 0 Å². The summed E-state index contributed by atoms with van der Waals surface area (Å²) in [4.78, 5) is 54.0. The molecule has 3 aromatic rings. The van der Waals surface area contributed by atoms with E-state index in [1.54, 1.807) is 24.3 Å². The van der Waals surface area contributed by atoms with E-state index in [1.165, 1.54) is 36.4 Å². The van der Waals surface area contributed by atoms with Crippen molar-refractivity contribution in [2.75, 3.05) is 12.1 Å². The zero-order valence-electron chi connectivity index (χ0n) is 19.3. The number of rotatable bonds is 4. The van der Waals surface area contributed by atoms with Crippen LogP contribution >= 0.6 is 23.2 Å². The molecule has 3 aromatic carbocycles. The third kappa shape index (κ3) is 3.58. The third-order valence-electron chi connectivity index (χ3n) is 6.95. The number of carboxylic acid groups (broad SMARTS) is 1. The molecule has 9 nitrogen and oxygen atoms in total. The highest BCUT2D eigenvalue weighted by Gasteiger charge is 2.71. The Hall–Kier alpha value is -3.92. The van der Waals surface area contributed by atoms with Gasteiger partial charge in [-0.3, -0.25) is 19.2 Å². The van der Waals surface area contributed by atoms with Crippen molar-refractivity contribution in [1.29, 1.82) is 0 Å². The van der Waals surface area contributed by atoms with Crippen molar-refractivity contribution >= 4 is 52.3 Å². The summed E-state index contributed by atoms with van der Waals surface area (Å²) >= 11 is 12.4. The quantitative estimate of drug-likeness (QED) is 0.449. The summed E-state index contributed by atoms with van der Waals surface area (Å²) in [5, 5.41) is 13.5. The van der Waals surface area contributed by atoms with E-state index < -0.39 is 47.0 Å². The minimum absolute atomic E-state index is 0.0230. The number of hydrogen-bond donors (Lipinski definition) is 2. The van der Waals surface area contributed by atoms with Gasteiger partial charge in [-0.2, -0.15) is 0 Å². The number of carboxylic acids is 1. The molecule has 192 valence electrons. The molecule has 6 rings (SSSR count). The summed E-state index contributed by atoms with van der Waals surface area (Å²) in [7, 11) is 0. The number of nitrogens with one attached hydrogen (secondary N) is 1. The Balaban J connectivity index is 1.48. The predicted octanol–water partition coefficient (Wildman–Crippen LogP) is 4.57. The molecule has 0 bridgehead atoms. The molecule has 2 N–H and O–H groups in total. The number of carbonyl (C=O) groups excluding carboxylic acids is 3. The van der Waals surface area contributed by atoms with Crippen LogP contribution in [0.4, 0.5) is 5.69 Å². The minimum Gasteiger partial charge on any atom is -0.481 e. The van der Waals surface area contributed by atoms with Gasteiger partial charge >= 0.3 is 5.97 Å². The lowest BCUT2D eigenvalue weighted by atomic mass is 9.75. The number of hydrogen-bond acceptors (Lipinski definition) is 7. The van der Waals surface area contributed by atoms with Gasteiger partial charge < -0.3 is 24.6 Å². The molecule has 0 radical (unpaired) electrons. The lowest BCUT2D eigenvalue weighted by molar-refractivity contribution is -0.147. The summed E-state index contributed by atoms with van der Waals surface area (Å²) in [5.41, 5.74) is -1.86. The molecule has 2 aliphatic heterocycles. The molecule has 1 saturated heterocycles. The van der Waals surface area contributed by atoms with Crippen molar-refractivity contribution in [3.63, 3.8) is 0 Å². The smallest absolute Gasteiger partial charge is 0.311 e. The zero-order chi connectivity index (χ0) is 26.8. The fraction of sp³-hybridized carbons (Fsp3) is 0.185. The molecule has 0 saturated carbocycles. The van der Waals surface area contributed by atoms with Gasteiger partial charge in [0.05, 0.1) is 12.0 Å². The van der Waals surface area contributed by atoms with E-state index >= 15 is 0 Å². The number of halogens is 2. The summed E-state index contributed by atoms with van der Waals surface area (Å²) in [6.45, 7) is 0.0230. The molecule has 38 heavy (non-hydrogen) atoms. The second-order valence-corrected chi connectivity index (χ2v) is 9.95. The van der Waals surface area contributed by atoms with Gasteiger partial charge in [-0.1, -0.05) is 47.5 Å². The van der Waals surface area contributed by atoms with Gasteiger partial charge in [0.1, 0.15) is 5.92 Å². The van der Waals surface area contributed by atoms with Crippen molar-refractivity contribution in [1.82, 2.24) is 0 Å². The van der Waals surface area contributed by atoms with Crippen LogP contribution in [0.5, 0.6) is 11.5 Å². The molecule has 1 fully saturated rings. The first-order chi connectivity index (χ1) is 18.2. The highest BCUT2D eigenvalue weighted by molar-refractivity contribution is 6.35. The molecule has 1 spiro atoms. The average Bonchev–Trinajstić information content (AvgIpc) is 3.55. The zero-order valence-corrected chi connectivity index (χ0v) is 20.8. The number of ether oxygens (including phenoxy) is 3. The van der Waals surface area contributed by atoms with E-state index in [1.807, 2.05) is 0 Å². The van der Waals surface area contributed by atoms with Crippen LogP contribution < -0.4 is 14.8 Å². The summed E-state index contributed by atoms with van der Waals surface area (Å²) in [6, 6.07) is 15.0. The van der Waals surface area contributed by atoms with Gasteiger partial charge in [0, 0.05) is 32.9 Å². The fourth-order valence-electron chi connectivity index (χ4n) is 5.38. The first-order valence-corrected chi connectivity index (χ1v) is 12.2. The lowest BCUT2D eigenvalue weighted by Crippen LogP contribution is -2.52. The SMILES string of the molecule is O=C(Nc1ccc2c(c1)OCO2)C1C(c2cc(Cl)cc(Cl)c2)OC2(C(=O)c3ccccc3C2=O)C1C(=O)O. The number of amides is 1. The van der Waals surface area contributed by atoms with Crippen molar-refractivity contribution in [2.45, 2.75) is 11.7 Å². The fourth-order valence-corrected chi connectivity index (χ4v) is 5.92. The Morgan fingerprint density at radius 1 is 0.895 bits per heavy atom. The number of fused-ring (bicyclic) bond motifs is 2. The van der Waals surface area contributed by atoms with Gasteiger partial charge in [-0.05, 0) is 35.9 Å². The maximum absolute atomic E-state index is 13.8. The molecular formula is C27H17Cl2NO8. The molecule has 0 aromatic heterocycles. The number of carbonyl (C=O) groups is 4. The van der Waals surface area contributed by atoms with E-state index in [2.05, 4.69) is 5.32 Å². The molecule has 11 heteroatoms. The van der Waals surface area contributed by atoms with Crippen LogP contribution in [0.2, 0.25) is 10.0 Å². The van der Waals surface area contributed by atoms with Crippen LogP contribution in [-0.4, -0.2) is 40.9 Å². The highest BCUT2D eigenvalue weighted by atomic mass is 35.5. The molecule has 3 aliphatic rings. The normalized spacial score (nSPS) is 22.5. The van der Waals surface area contributed by atoms with E-state index in [4.69, 9.17) is 37.4 Å². The van der Waals surface area contributed by atoms with Crippen LogP contribution in [0.25, 0.3) is 0 Å². The summed E-state index contributed by atoms with van der Waals surface area (Å²) in [6.07, 6.45) is -1.34. The summed E-state index contributed by atoms with van der Waals surface area (Å²) in [5.74, 6) is -6.45. The van der Waals surface area contributed by atoms with Crippen molar-refractivity contribution in [3.8, 4) is 11.5 Å². The average molecular weight is 554 g/mol. The number of aliphatic carboxylic acids is 1. The van der Waals surface area contributed by atoms with Crippen LogP contribution in [0, 0.1) is 11.8 Å². The first kappa shape index (κ1) is 24.4. The first-order valence-electron chi connectivity index (χ1n) is 11.5. The Labute approximate surface area is 225 Å². The monoisotopic (exact) mass is 553 g/mol. The minimum atomic E-state index is -2.45. The van der Waals surface area contributed by atoms with Crippen LogP contribution in [0.15, 0.2) is 60.7 Å². The van der Waals surface area contributed by atoms with E-state index in [0.29, 0.717) is 17.2 Å². The Morgan fingerprint density at radius 3 is 2.16 bits per heavy atom. The van der Waals surface area contributed by atoms with E-state index in [0.717, 1.165) is 0 Å². The predicted molar refractivity (Wildman–Crippen MR) is 134 cm³/mol. The number of anilines is 1. The molecular weight excluding hydrogens is 537 g/mol. The lowest BCUT2D eigenvalue weighted by Gasteiger charge is -2.25. The van der Waals surface area contributed by atoms with E-state index in [9.17, 15) is 24.3 Å². The Bertz CT molecular complexity index is 1500. The third-order valence-corrected chi connectivity index (χ3v) is 7.39. The number of benzene rings is 3.